The molecule has 13 heteroatoms. The van der Waals surface area contributed by atoms with Crippen LogP contribution >= 0.6 is 0 Å². The molecule has 21 heavy (non-hydrogen) atoms. The van der Waals surface area contributed by atoms with Gasteiger partial charge in [0.15, 0.2) is 5.69 Å². The molecule has 0 amide bonds. The molecule has 4 nitrogen and oxygen atoms in total. The highest BCUT2D eigenvalue weighted by Gasteiger charge is 2.59. The van der Waals surface area contributed by atoms with Crippen LogP contribution in [0.2, 0.25) is 0 Å². The summed E-state index contributed by atoms with van der Waals surface area (Å²) in [5.41, 5.74) is 2.95. The van der Waals surface area contributed by atoms with Crippen molar-refractivity contribution in [2.75, 3.05) is 5.73 Å². The number of ether oxygens (including phenoxy) is 1. The fourth-order valence-corrected chi connectivity index (χ4v) is 1.09. The summed E-state index contributed by atoms with van der Waals surface area (Å²) in [4.78, 5) is 5.39. The SMILES string of the molecule is Nc1nc(OC(C(F)(F)F)C(F)(F)F)cc(C(F)(F)F)n1. The summed E-state index contributed by atoms with van der Waals surface area (Å²) < 4.78 is 114. The van der Waals surface area contributed by atoms with Crippen LogP contribution in [0.15, 0.2) is 6.07 Å². The second kappa shape index (κ2) is 5.11. The van der Waals surface area contributed by atoms with Gasteiger partial charge in [0.25, 0.3) is 6.10 Å². The zero-order valence-electron chi connectivity index (χ0n) is 9.44. The maximum Gasteiger partial charge on any atom is 0.434 e. The Bertz CT molecular complexity index is 493. The third-order valence-corrected chi connectivity index (χ3v) is 1.84. The van der Waals surface area contributed by atoms with E-state index in [1.165, 1.54) is 0 Å². The minimum absolute atomic E-state index is 0.221. The van der Waals surface area contributed by atoms with Crippen LogP contribution in [-0.2, 0) is 6.18 Å². The number of aromatic nitrogens is 2. The van der Waals surface area contributed by atoms with Gasteiger partial charge in [-0.3, -0.25) is 0 Å². The molecule has 0 aliphatic carbocycles. The van der Waals surface area contributed by atoms with Gasteiger partial charge in [0.1, 0.15) is 0 Å². The number of alkyl halides is 9. The van der Waals surface area contributed by atoms with Crippen LogP contribution in [0.25, 0.3) is 0 Å². The molecule has 0 radical (unpaired) electrons. The fourth-order valence-electron chi connectivity index (χ4n) is 1.09. The summed E-state index contributed by atoms with van der Waals surface area (Å²) in [5, 5.41) is 0. The summed E-state index contributed by atoms with van der Waals surface area (Å²) in [6.07, 6.45) is -21.3. The van der Waals surface area contributed by atoms with Gasteiger partial charge < -0.3 is 10.5 Å². The van der Waals surface area contributed by atoms with Gasteiger partial charge >= 0.3 is 18.5 Å². The lowest BCUT2D eigenvalue weighted by atomic mass is 10.3. The number of hydrogen-bond acceptors (Lipinski definition) is 4. The van der Waals surface area contributed by atoms with Crippen LogP contribution in [0, 0.1) is 0 Å². The van der Waals surface area contributed by atoms with E-state index in [1.807, 2.05) is 0 Å². The van der Waals surface area contributed by atoms with Gasteiger partial charge in [0.2, 0.25) is 11.8 Å². The molecule has 0 aliphatic heterocycles. The van der Waals surface area contributed by atoms with E-state index in [0.717, 1.165) is 0 Å². The van der Waals surface area contributed by atoms with E-state index in [1.54, 1.807) is 0 Å². The summed E-state index contributed by atoms with van der Waals surface area (Å²) in [6.45, 7) is 0. The van der Waals surface area contributed by atoms with Gasteiger partial charge in [-0.15, -0.1) is 0 Å². The van der Waals surface area contributed by atoms with E-state index < -0.39 is 42.2 Å². The summed E-state index contributed by atoms with van der Waals surface area (Å²) in [6, 6.07) is -0.221. The number of nitrogens with zero attached hydrogens (tertiary/aromatic N) is 2. The lowest BCUT2D eigenvalue weighted by molar-refractivity contribution is -0.300. The Morgan fingerprint density at radius 1 is 0.905 bits per heavy atom. The first kappa shape index (κ1) is 17.1. The highest BCUT2D eigenvalue weighted by molar-refractivity contribution is 5.27. The maximum atomic E-state index is 12.3. The second-order valence-corrected chi connectivity index (χ2v) is 3.53. The van der Waals surface area contributed by atoms with Crippen LogP contribution in [0.1, 0.15) is 5.69 Å². The Morgan fingerprint density at radius 2 is 1.38 bits per heavy atom. The Morgan fingerprint density at radius 3 is 1.76 bits per heavy atom. The molecule has 0 atom stereocenters. The monoisotopic (exact) mass is 329 g/mol. The van der Waals surface area contributed by atoms with Crippen LogP contribution in [-0.4, -0.2) is 28.4 Å². The Hall–Kier alpha value is -1.95. The zero-order valence-corrected chi connectivity index (χ0v) is 9.44. The predicted octanol–water partition coefficient (Wildman–Crippen LogP) is 2.95. The average Bonchev–Trinajstić information content (AvgIpc) is 2.20. The first-order valence-corrected chi connectivity index (χ1v) is 4.73. The standard InChI is InChI=1S/C8H4F9N3O/c9-6(10,11)2-1-3(20-5(18)19-2)21-4(7(12,13)14)8(15,16)17/h1,4H,(H2,18,19,20). The van der Waals surface area contributed by atoms with Crippen molar-refractivity contribution >= 4 is 5.95 Å². The molecule has 0 aromatic carbocycles. The van der Waals surface area contributed by atoms with Crippen molar-refractivity contribution in [3.8, 4) is 5.88 Å². The number of halogens is 9. The van der Waals surface area contributed by atoms with Crippen LogP contribution in [0.5, 0.6) is 5.88 Å². The molecule has 0 aliphatic rings. The molecule has 120 valence electrons. The lowest BCUT2D eigenvalue weighted by Crippen LogP contribution is -2.46. The normalized spacial score (nSPS) is 13.6. The molecule has 0 saturated heterocycles. The number of hydrogen-bond donors (Lipinski definition) is 1. The van der Waals surface area contributed by atoms with Crippen molar-refractivity contribution in [1.82, 2.24) is 9.97 Å². The predicted molar refractivity (Wildman–Crippen MR) is 48.0 cm³/mol. The third-order valence-electron chi connectivity index (χ3n) is 1.84. The van der Waals surface area contributed by atoms with E-state index in [4.69, 9.17) is 5.73 Å². The highest BCUT2D eigenvalue weighted by atomic mass is 19.4. The molecule has 0 bridgehead atoms. The Kier molecular flexibility index (Phi) is 4.16. The third kappa shape index (κ3) is 4.53. The first-order chi connectivity index (χ1) is 9.21. The molecule has 0 saturated carbocycles. The highest BCUT2D eigenvalue weighted by Crippen LogP contribution is 2.37. The number of rotatable bonds is 2. The Balaban J connectivity index is 3.20. The van der Waals surface area contributed by atoms with Gasteiger partial charge in [-0.2, -0.15) is 44.5 Å². The molecule has 0 spiro atoms. The van der Waals surface area contributed by atoms with E-state index in [0.29, 0.717) is 0 Å². The van der Waals surface area contributed by atoms with E-state index >= 15 is 0 Å². The lowest BCUT2D eigenvalue weighted by Gasteiger charge is -2.23. The van der Waals surface area contributed by atoms with E-state index in [-0.39, 0.29) is 6.07 Å². The van der Waals surface area contributed by atoms with Crippen molar-refractivity contribution in [3.63, 3.8) is 0 Å². The minimum atomic E-state index is -5.91. The van der Waals surface area contributed by atoms with Crippen molar-refractivity contribution in [3.05, 3.63) is 11.8 Å². The molecule has 1 heterocycles. The average molecular weight is 329 g/mol. The molecule has 0 fully saturated rings. The summed E-state index contributed by atoms with van der Waals surface area (Å²) in [7, 11) is 0. The number of nitrogen functional groups attached to an aromatic ring is 1. The minimum Gasteiger partial charge on any atom is -0.455 e. The molecule has 1 rings (SSSR count). The van der Waals surface area contributed by atoms with Crippen molar-refractivity contribution in [2.24, 2.45) is 0 Å². The fraction of sp³-hybridized carbons (Fsp3) is 0.500. The van der Waals surface area contributed by atoms with Crippen LogP contribution in [0.4, 0.5) is 45.5 Å². The second-order valence-electron chi connectivity index (χ2n) is 3.53. The largest absolute Gasteiger partial charge is 0.455 e. The van der Waals surface area contributed by atoms with Crippen molar-refractivity contribution < 1.29 is 44.3 Å². The molecule has 0 unspecified atom stereocenters. The van der Waals surface area contributed by atoms with Crippen LogP contribution in [0.3, 0.4) is 0 Å². The first-order valence-electron chi connectivity index (χ1n) is 4.73. The van der Waals surface area contributed by atoms with Crippen molar-refractivity contribution in [2.45, 2.75) is 24.6 Å². The number of nitrogens with two attached hydrogens (primary N) is 1. The molecule has 2 N–H and O–H groups in total. The summed E-state index contributed by atoms with van der Waals surface area (Å²) >= 11 is 0. The molecule has 1 aromatic heterocycles. The van der Waals surface area contributed by atoms with Crippen LogP contribution < -0.4 is 10.5 Å². The topological polar surface area (TPSA) is 61.0 Å². The van der Waals surface area contributed by atoms with Gasteiger partial charge in [-0.05, 0) is 0 Å². The van der Waals surface area contributed by atoms with E-state index in [9.17, 15) is 39.5 Å². The van der Waals surface area contributed by atoms with Gasteiger partial charge in [0.05, 0.1) is 0 Å². The Labute approximate surface area is 109 Å². The quantitative estimate of drug-likeness (QED) is 0.848. The molecule has 1 aromatic rings. The zero-order chi connectivity index (χ0) is 16.6. The van der Waals surface area contributed by atoms with Gasteiger partial charge in [0, 0.05) is 6.07 Å². The maximum absolute atomic E-state index is 12.3. The van der Waals surface area contributed by atoms with Gasteiger partial charge in [-0.1, -0.05) is 0 Å². The number of anilines is 1. The van der Waals surface area contributed by atoms with E-state index in [2.05, 4.69) is 14.7 Å². The van der Waals surface area contributed by atoms with Crippen molar-refractivity contribution in [1.29, 1.82) is 0 Å². The molecular weight excluding hydrogens is 325 g/mol. The van der Waals surface area contributed by atoms with Gasteiger partial charge in [-0.25, -0.2) is 4.98 Å². The smallest absolute Gasteiger partial charge is 0.434 e. The summed E-state index contributed by atoms with van der Waals surface area (Å²) in [5.74, 6) is -2.79. The molecular formula is C8H4F9N3O.